The van der Waals surface area contributed by atoms with Crippen molar-refractivity contribution in [3.8, 4) is 5.75 Å². The molecule has 3 nitrogen and oxygen atoms in total. The number of carbonyl (C=O) groups excluding carboxylic acids is 2. The van der Waals surface area contributed by atoms with Crippen LogP contribution in [0.25, 0.3) is 5.57 Å². The lowest BCUT2D eigenvalue weighted by Gasteiger charge is -2.48. The molecule has 0 radical (unpaired) electrons. The van der Waals surface area contributed by atoms with Gasteiger partial charge in [0.05, 0.1) is 5.41 Å². The summed E-state index contributed by atoms with van der Waals surface area (Å²) in [6, 6.07) is 5.33. The van der Waals surface area contributed by atoms with Crippen molar-refractivity contribution in [3.05, 3.63) is 47.1 Å². The van der Waals surface area contributed by atoms with Crippen molar-refractivity contribution in [2.24, 2.45) is 5.41 Å². The largest absolute Gasteiger partial charge is 0.423 e. The molecular formula is C25H28F2O3. The summed E-state index contributed by atoms with van der Waals surface area (Å²) in [6.07, 6.45) is 2.74. The van der Waals surface area contributed by atoms with Gasteiger partial charge in [0, 0.05) is 12.0 Å². The van der Waals surface area contributed by atoms with E-state index < -0.39 is 22.7 Å². The number of allylic oxidation sites excluding steroid dienone is 2. The first-order valence-electron chi connectivity index (χ1n) is 10.7. The Labute approximate surface area is 176 Å². The van der Waals surface area contributed by atoms with Gasteiger partial charge in [0.2, 0.25) is 0 Å². The van der Waals surface area contributed by atoms with Crippen molar-refractivity contribution < 1.29 is 23.1 Å². The molecule has 0 bridgehead atoms. The lowest BCUT2D eigenvalue weighted by molar-refractivity contribution is -0.131. The molecule has 0 amide bonds. The maximum Gasteiger partial charge on any atom is 0.338 e. The monoisotopic (exact) mass is 414 g/mol. The van der Waals surface area contributed by atoms with E-state index in [-0.39, 0.29) is 12.2 Å². The van der Waals surface area contributed by atoms with E-state index in [1.807, 2.05) is 19.1 Å². The number of hydrogen-bond acceptors (Lipinski definition) is 3. The Kier molecular flexibility index (Phi) is 4.79. The zero-order chi connectivity index (χ0) is 21.9. The summed E-state index contributed by atoms with van der Waals surface area (Å²) in [4.78, 5) is 24.7. The second-order valence-electron chi connectivity index (χ2n) is 9.31. The van der Waals surface area contributed by atoms with Crippen LogP contribution in [0.2, 0.25) is 0 Å². The minimum atomic E-state index is -2.27. The minimum Gasteiger partial charge on any atom is -0.423 e. The smallest absolute Gasteiger partial charge is 0.338 e. The van der Waals surface area contributed by atoms with E-state index in [2.05, 4.69) is 6.58 Å². The van der Waals surface area contributed by atoms with Gasteiger partial charge in [-0.15, -0.1) is 0 Å². The first-order chi connectivity index (χ1) is 14.0. The summed E-state index contributed by atoms with van der Waals surface area (Å²) < 4.78 is 37.4. The second-order valence-corrected chi connectivity index (χ2v) is 9.31. The first-order valence-corrected chi connectivity index (χ1v) is 10.7. The highest BCUT2D eigenvalue weighted by Gasteiger charge is 2.73. The maximum atomic E-state index is 16.5. The fourth-order valence-electron chi connectivity index (χ4n) is 5.68. The molecule has 0 heterocycles. The van der Waals surface area contributed by atoms with Crippen LogP contribution in [0.4, 0.5) is 8.78 Å². The molecule has 1 aromatic carbocycles. The lowest BCUT2D eigenvalue weighted by Crippen LogP contribution is -2.55. The number of halogens is 2. The molecule has 0 spiro atoms. The molecule has 1 fully saturated rings. The molecule has 0 aliphatic heterocycles. The normalized spacial score (nSPS) is 32.4. The van der Waals surface area contributed by atoms with Gasteiger partial charge in [-0.1, -0.05) is 26.0 Å². The first kappa shape index (κ1) is 21.0. The quantitative estimate of drug-likeness (QED) is 0.352. The number of Topliss-reactive ketones (excluding diaryl/α,β-unsaturated/α-hetero) is 1. The van der Waals surface area contributed by atoms with E-state index in [0.717, 1.165) is 23.1 Å². The number of hydrogen-bond donors (Lipinski definition) is 0. The number of fused-ring (bicyclic) bond motifs is 4. The van der Waals surface area contributed by atoms with Crippen LogP contribution in [0.5, 0.6) is 5.75 Å². The number of alkyl halides is 2. The Morgan fingerprint density at radius 1 is 1.20 bits per heavy atom. The van der Waals surface area contributed by atoms with E-state index in [0.29, 0.717) is 49.0 Å². The van der Waals surface area contributed by atoms with Gasteiger partial charge in [-0.3, -0.25) is 4.79 Å². The fourth-order valence-corrected chi connectivity index (χ4v) is 5.68. The van der Waals surface area contributed by atoms with Crippen LogP contribution >= 0.6 is 0 Å². The average Bonchev–Trinajstić information content (AvgIpc) is 2.83. The third-order valence-corrected chi connectivity index (χ3v) is 7.34. The predicted molar refractivity (Wildman–Crippen MR) is 112 cm³/mol. The van der Waals surface area contributed by atoms with Crippen LogP contribution in [-0.2, 0) is 16.0 Å². The number of ether oxygens (including phenoxy) is 1. The number of benzene rings is 1. The van der Waals surface area contributed by atoms with Crippen LogP contribution in [0.3, 0.4) is 0 Å². The molecule has 3 aliphatic rings. The van der Waals surface area contributed by atoms with Crippen molar-refractivity contribution in [2.45, 2.75) is 77.1 Å². The Bertz CT molecular complexity index is 990. The van der Waals surface area contributed by atoms with Crippen molar-refractivity contribution in [3.63, 3.8) is 0 Å². The number of rotatable bonds is 4. The van der Waals surface area contributed by atoms with Crippen LogP contribution in [-0.4, -0.2) is 23.1 Å². The van der Waals surface area contributed by atoms with Crippen molar-refractivity contribution in [1.82, 2.24) is 0 Å². The zero-order valence-corrected chi connectivity index (χ0v) is 17.9. The summed E-state index contributed by atoms with van der Waals surface area (Å²) in [7, 11) is 0. The molecule has 5 heteroatoms. The summed E-state index contributed by atoms with van der Waals surface area (Å²) in [5.41, 5.74) is -2.27. The van der Waals surface area contributed by atoms with Crippen molar-refractivity contribution in [2.75, 3.05) is 0 Å². The molecule has 160 valence electrons. The molecule has 3 aliphatic carbocycles. The highest BCUT2D eigenvalue weighted by Crippen LogP contribution is 2.65. The molecule has 0 aromatic heterocycles. The SMILES string of the molecule is C=C(CCC)C(=O)Oc1ccc2c(c1)CCC1=C2CC[C@]2(C)C(=O)C[C@@](C)(F)[C@]12F. The van der Waals surface area contributed by atoms with Crippen molar-refractivity contribution in [1.29, 1.82) is 0 Å². The summed E-state index contributed by atoms with van der Waals surface area (Å²) in [5, 5.41) is 0. The lowest BCUT2D eigenvalue weighted by atomic mass is 9.58. The van der Waals surface area contributed by atoms with Crippen molar-refractivity contribution >= 4 is 17.3 Å². The van der Waals surface area contributed by atoms with Crippen LogP contribution in [0.1, 0.15) is 70.4 Å². The number of carbonyl (C=O) groups is 2. The molecule has 1 saturated carbocycles. The van der Waals surface area contributed by atoms with Gasteiger partial charge in [0.25, 0.3) is 0 Å². The van der Waals surface area contributed by atoms with E-state index in [4.69, 9.17) is 4.74 Å². The van der Waals surface area contributed by atoms with Gasteiger partial charge in [-0.2, -0.15) is 0 Å². The van der Waals surface area contributed by atoms with Gasteiger partial charge in [-0.25, -0.2) is 13.6 Å². The fraction of sp³-hybridized carbons (Fsp3) is 0.520. The molecule has 4 rings (SSSR count). The molecule has 3 atom stereocenters. The highest BCUT2D eigenvalue weighted by molar-refractivity contribution is 5.94. The van der Waals surface area contributed by atoms with Gasteiger partial charge in [0.1, 0.15) is 11.5 Å². The summed E-state index contributed by atoms with van der Waals surface area (Å²) in [5.74, 6) is -0.328. The second kappa shape index (κ2) is 6.86. The minimum absolute atomic E-state index is 0.299. The van der Waals surface area contributed by atoms with Gasteiger partial charge < -0.3 is 4.74 Å². The summed E-state index contributed by atoms with van der Waals surface area (Å²) in [6.45, 7) is 8.55. The third-order valence-electron chi connectivity index (χ3n) is 7.34. The molecular weight excluding hydrogens is 386 g/mol. The molecule has 0 N–H and O–H groups in total. The summed E-state index contributed by atoms with van der Waals surface area (Å²) >= 11 is 0. The molecule has 30 heavy (non-hydrogen) atoms. The topological polar surface area (TPSA) is 43.4 Å². The number of esters is 1. The Balaban J connectivity index is 1.71. The highest BCUT2D eigenvalue weighted by atomic mass is 19.2. The third kappa shape index (κ3) is 2.74. The van der Waals surface area contributed by atoms with Gasteiger partial charge in [0.15, 0.2) is 11.3 Å². The Morgan fingerprint density at radius 3 is 2.63 bits per heavy atom. The zero-order valence-electron chi connectivity index (χ0n) is 17.9. The van der Waals surface area contributed by atoms with Gasteiger partial charge >= 0.3 is 5.97 Å². The van der Waals surface area contributed by atoms with Gasteiger partial charge in [-0.05, 0) is 80.4 Å². The van der Waals surface area contributed by atoms with E-state index in [1.54, 1.807) is 13.0 Å². The molecule has 1 aromatic rings. The molecule has 0 unspecified atom stereocenters. The van der Waals surface area contributed by atoms with E-state index in [9.17, 15) is 9.59 Å². The predicted octanol–water partition coefficient (Wildman–Crippen LogP) is 5.86. The Hall–Kier alpha value is -2.30. The maximum absolute atomic E-state index is 16.5. The van der Waals surface area contributed by atoms with E-state index >= 15 is 8.78 Å². The number of aryl methyl sites for hydroxylation is 1. The van der Waals surface area contributed by atoms with Crippen LogP contribution in [0.15, 0.2) is 35.9 Å². The molecule has 0 saturated heterocycles. The van der Waals surface area contributed by atoms with Crippen LogP contribution < -0.4 is 4.74 Å². The standard InChI is InChI=1S/C25H28F2O3/c1-5-6-15(2)22(29)30-17-8-9-18-16(13-17)7-10-20-19(18)11-12-23(3)21(28)14-24(4,26)25(20,23)27/h8-9,13H,2,5-7,10-12,14H2,1,3-4H3/t23-,24-,25+/m1/s1. The van der Waals surface area contributed by atoms with Crippen LogP contribution in [0, 0.1) is 5.41 Å². The Morgan fingerprint density at radius 2 is 1.93 bits per heavy atom. The van der Waals surface area contributed by atoms with E-state index in [1.165, 1.54) is 6.92 Å². The number of ketones is 1. The average molecular weight is 414 g/mol.